The summed E-state index contributed by atoms with van der Waals surface area (Å²) in [6, 6.07) is 7.91. The third-order valence-electron chi connectivity index (χ3n) is 3.25. The van der Waals surface area contributed by atoms with Gasteiger partial charge in [0.1, 0.15) is 12.4 Å². The maximum absolute atomic E-state index is 11.9. The number of ether oxygens (including phenoxy) is 2. The quantitative estimate of drug-likeness (QED) is 0.723. The summed E-state index contributed by atoms with van der Waals surface area (Å²) in [6.45, 7) is 2.91. The zero-order chi connectivity index (χ0) is 15.0. The molecule has 20 heavy (non-hydrogen) atoms. The smallest absolute Gasteiger partial charge is 0.248 e. The van der Waals surface area contributed by atoms with Crippen molar-refractivity contribution < 1.29 is 14.3 Å². The van der Waals surface area contributed by atoms with Gasteiger partial charge in [0.25, 0.3) is 0 Å². The van der Waals surface area contributed by atoms with E-state index in [-0.39, 0.29) is 18.6 Å². The Balaban J connectivity index is 2.56. The van der Waals surface area contributed by atoms with Crippen LogP contribution in [0.3, 0.4) is 0 Å². The Bertz CT molecular complexity index is 423. The average molecular weight is 280 g/mol. The molecule has 0 aliphatic heterocycles. The number of hydrogen-bond acceptors (Lipinski definition) is 4. The highest BCUT2D eigenvalue weighted by Crippen LogP contribution is 2.20. The van der Waals surface area contributed by atoms with E-state index in [1.54, 1.807) is 19.1 Å². The van der Waals surface area contributed by atoms with Crippen molar-refractivity contribution in [2.45, 2.75) is 19.4 Å². The molecule has 0 spiro atoms. The third-order valence-corrected chi connectivity index (χ3v) is 3.25. The van der Waals surface area contributed by atoms with E-state index >= 15 is 0 Å². The Morgan fingerprint density at radius 3 is 2.75 bits per heavy atom. The number of hydrogen-bond donors (Lipinski definition) is 1. The van der Waals surface area contributed by atoms with Crippen LogP contribution in [0.25, 0.3) is 0 Å². The first-order chi connectivity index (χ1) is 9.60. The minimum Gasteiger partial charge on any atom is -0.496 e. The molecule has 0 bridgehead atoms. The minimum absolute atomic E-state index is 0.0409. The third kappa shape index (κ3) is 4.83. The second-order valence-electron chi connectivity index (χ2n) is 4.71. The summed E-state index contributed by atoms with van der Waals surface area (Å²) >= 11 is 0. The van der Waals surface area contributed by atoms with Gasteiger partial charge in [-0.25, -0.2) is 0 Å². The average Bonchev–Trinajstić information content (AvgIpc) is 2.47. The molecule has 1 aromatic carbocycles. The Kier molecular flexibility index (Phi) is 7.04. The van der Waals surface area contributed by atoms with Crippen LogP contribution in [0.5, 0.6) is 5.75 Å². The van der Waals surface area contributed by atoms with Crippen molar-refractivity contribution in [3.63, 3.8) is 0 Å². The summed E-state index contributed by atoms with van der Waals surface area (Å²) in [5.74, 6) is 0.806. The second-order valence-corrected chi connectivity index (χ2v) is 4.71. The lowest BCUT2D eigenvalue weighted by molar-refractivity contribution is -0.136. The molecule has 0 radical (unpaired) electrons. The Morgan fingerprint density at radius 2 is 2.10 bits per heavy atom. The first kappa shape index (κ1) is 16.5. The number of carbonyl (C=O) groups excluding carboxylic acids is 1. The predicted molar refractivity (Wildman–Crippen MR) is 78.8 cm³/mol. The normalized spacial score (nSPS) is 12.0. The first-order valence-electron chi connectivity index (χ1n) is 6.75. The molecule has 2 N–H and O–H groups in total. The topological polar surface area (TPSA) is 64.8 Å². The van der Waals surface area contributed by atoms with Crippen molar-refractivity contribution in [2.75, 3.05) is 33.9 Å². The summed E-state index contributed by atoms with van der Waals surface area (Å²) in [5.41, 5.74) is 6.41. The van der Waals surface area contributed by atoms with Gasteiger partial charge in [0, 0.05) is 19.6 Å². The van der Waals surface area contributed by atoms with Gasteiger partial charge in [-0.3, -0.25) is 4.79 Å². The van der Waals surface area contributed by atoms with E-state index in [4.69, 9.17) is 15.2 Å². The van der Waals surface area contributed by atoms with E-state index in [9.17, 15) is 4.79 Å². The lowest BCUT2D eigenvalue weighted by Crippen LogP contribution is -2.39. The maximum Gasteiger partial charge on any atom is 0.248 e. The zero-order valence-corrected chi connectivity index (χ0v) is 12.5. The summed E-state index contributed by atoms with van der Waals surface area (Å²) in [6.07, 6.45) is 0.739. The van der Waals surface area contributed by atoms with Gasteiger partial charge in [0.2, 0.25) is 5.91 Å². The SMILES string of the molecule is COc1ccccc1CC(C)N(C)C(=O)COCCN. The van der Waals surface area contributed by atoms with E-state index in [0.29, 0.717) is 13.2 Å². The summed E-state index contributed by atoms with van der Waals surface area (Å²) < 4.78 is 10.5. The van der Waals surface area contributed by atoms with Crippen LogP contribution in [-0.2, 0) is 16.0 Å². The zero-order valence-electron chi connectivity index (χ0n) is 12.5. The highest BCUT2D eigenvalue weighted by atomic mass is 16.5. The summed E-state index contributed by atoms with van der Waals surface area (Å²) in [7, 11) is 3.44. The molecule has 5 nitrogen and oxygen atoms in total. The van der Waals surface area contributed by atoms with Crippen molar-refractivity contribution in [2.24, 2.45) is 5.73 Å². The first-order valence-corrected chi connectivity index (χ1v) is 6.75. The van der Waals surface area contributed by atoms with Crippen LogP contribution >= 0.6 is 0 Å². The molecule has 0 aliphatic carbocycles. The van der Waals surface area contributed by atoms with Crippen LogP contribution in [0.1, 0.15) is 12.5 Å². The van der Waals surface area contributed by atoms with Gasteiger partial charge >= 0.3 is 0 Å². The second kappa shape index (κ2) is 8.55. The number of benzene rings is 1. The Morgan fingerprint density at radius 1 is 1.40 bits per heavy atom. The molecule has 1 rings (SSSR count). The number of carbonyl (C=O) groups is 1. The van der Waals surface area contributed by atoms with Gasteiger partial charge in [-0.1, -0.05) is 18.2 Å². The molecule has 1 atom stereocenters. The van der Waals surface area contributed by atoms with Gasteiger partial charge in [-0.15, -0.1) is 0 Å². The van der Waals surface area contributed by atoms with Crippen LogP contribution in [0.2, 0.25) is 0 Å². The molecule has 0 aromatic heterocycles. The highest BCUT2D eigenvalue weighted by molar-refractivity contribution is 5.77. The lowest BCUT2D eigenvalue weighted by Gasteiger charge is -2.25. The molecule has 1 unspecified atom stereocenters. The predicted octanol–water partition coefficient (Wildman–Crippen LogP) is 1.06. The number of nitrogens with two attached hydrogens (primary N) is 1. The minimum atomic E-state index is -0.0409. The lowest BCUT2D eigenvalue weighted by atomic mass is 10.1. The maximum atomic E-state index is 11.9. The molecular weight excluding hydrogens is 256 g/mol. The van der Waals surface area contributed by atoms with Crippen LogP contribution < -0.4 is 10.5 Å². The van der Waals surface area contributed by atoms with E-state index in [2.05, 4.69) is 0 Å². The molecule has 1 amide bonds. The van der Waals surface area contributed by atoms with E-state index < -0.39 is 0 Å². The standard InChI is InChI=1S/C15H24N2O3/c1-12(17(2)15(18)11-20-9-8-16)10-13-6-4-5-7-14(13)19-3/h4-7,12H,8-11,16H2,1-3H3. The van der Waals surface area contributed by atoms with Crippen molar-refractivity contribution in [3.8, 4) is 5.75 Å². The molecule has 5 heteroatoms. The molecule has 112 valence electrons. The van der Waals surface area contributed by atoms with Crippen molar-refractivity contribution >= 4 is 5.91 Å². The van der Waals surface area contributed by atoms with E-state index in [1.807, 2.05) is 31.2 Å². The summed E-state index contributed by atoms with van der Waals surface area (Å²) in [5, 5.41) is 0. The monoisotopic (exact) mass is 280 g/mol. The van der Waals surface area contributed by atoms with Gasteiger partial charge in [0.15, 0.2) is 0 Å². The van der Waals surface area contributed by atoms with E-state index in [0.717, 1.165) is 17.7 Å². The van der Waals surface area contributed by atoms with Crippen molar-refractivity contribution in [3.05, 3.63) is 29.8 Å². The number of nitrogens with zero attached hydrogens (tertiary/aromatic N) is 1. The number of methoxy groups -OCH3 is 1. The molecule has 0 aliphatic rings. The molecule has 0 heterocycles. The van der Waals surface area contributed by atoms with Gasteiger partial charge in [0.05, 0.1) is 13.7 Å². The number of para-hydroxylation sites is 1. The number of rotatable bonds is 8. The fourth-order valence-corrected chi connectivity index (χ4v) is 1.92. The van der Waals surface area contributed by atoms with Crippen LogP contribution in [0, 0.1) is 0 Å². The van der Waals surface area contributed by atoms with Gasteiger partial charge in [-0.2, -0.15) is 0 Å². The van der Waals surface area contributed by atoms with Crippen LogP contribution in [0.15, 0.2) is 24.3 Å². The van der Waals surface area contributed by atoms with Crippen LogP contribution in [-0.4, -0.2) is 50.8 Å². The fourth-order valence-electron chi connectivity index (χ4n) is 1.92. The van der Waals surface area contributed by atoms with E-state index in [1.165, 1.54) is 0 Å². The Labute approximate surface area is 120 Å². The van der Waals surface area contributed by atoms with Gasteiger partial charge in [-0.05, 0) is 25.0 Å². The molecule has 1 aromatic rings. The number of amides is 1. The largest absolute Gasteiger partial charge is 0.496 e. The number of likely N-dealkylation sites (N-methyl/N-ethyl adjacent to an activating group) is 1. The molecule has 0 saturated heterocycles. The summed E-state index contributed by atoms with van der Waals surface area (Å²) in [4.78, 5) is 13.6. The molecule has 0 saturated carbocycles. The fraction of sp³-hybridized carbons (Fsp3) is 0.533. The van der Waals surface area contributed by atoms with Crippen molar-refractivity contribution in [1.82, 2.24) is 4.90 Å². The molecule has 0 fully saturated rings. The Hall–Kier alpha value is -1.59. The van der Waals surface area contributed by atoms with Crippen LogP contribution in [0.4, 0.5) is 0 Å². The highest BCUT2D eigenvalue weighted by Gasteiger charge is 2.17. The molecular formula is C15H24N2O3. The van der Waals surface area contributed by atoms with Crippen molar-refractivity contribution in [1.29, 1.82) is 0 Å². The van der Waals surface area contributed by atoms with Gasteiger partial charge < -0.3 is 20.1 Å².